The molecule has 0 aliphatic heterocycles. The highest BCUT2D eigenvalue weighted by Gasteiger charge is 2.13. The van der Waals surface area contributed by atoms with E-state index in [0.717, 1.165) is 31.1 Å². The van der Waals surface area contributed by atoms with Gasteiger partial charge in [0.15, 0.2) is 0 Å². The average molecular weight is 408 g/mol. The van der Waals surface area contributed by atoms with E-state index in [-0.39, 0.29) is 5.91 Å². The molecule has 21 heavy (non-hydrogen) atoms. The molecule has 3 rings (SSSR count). The fourth-order valence-corrected chi connectivity index (χ4v) is 3.81. The second-order valence-corrected chi connectivity index (χ2v) is 6.54. The lowest BCUT2D eigenvalue weighted by atomic mass is 10.2. The van der Waals surface area contributed by atoms with E-state index in [9.17, 15) is 4.79 Å². The number of fused-ring (bicyclic) bond motifs is 1. The van der Waals surface area contributed by atoms with Gasteiger partial charge in [-0.3, -0.25) is 4.79 Å². The maximum Gasteiger partial charge on any atom is 0.272 e. The summed E-state index contributed by atoms with van der Waals surface area (Å²) in [5.41, 5.74) is 3.32. The quantitative estimate of drug-likeness (QED) is 0.598. The number of carbonyl (C=O) groups is 1. The Hall–Kier alpha value is -1.59. The monoisotopic (exact) mass is 406 g/mol. The van der Waals surface area contributed by atoms with Crippen molar-refractivity contribution in [3.05, 3.63) is 62.7 Å². The van der Waals surface area contributed by atoms with Crippen molar-refractivity contribution in [1.29, 1.82) is 0 Å². The van der Waals surface area contributed by atoms with Gasteiger partial charge in [0.25, 0.3) is 5.91 Å². The molecule has 3 nitrogen and oxygen atoms in total. The highest BCUT2D eigenvalue weighted by molar-refractivity contribution is 9.11. The van der Waals surface area contributed by atoms with Gasteiger partial charge in [-0.15, -0.1) is 0 Å². The van der Waals surface area contributed by atoms with Gasteiger partial charge in [-0.25, -0.2) is 0 Å². The average Bonchev–Trinajstić information content (AvgIpc) is 2.86. The molecule has 0 spiro atoms. The molecule has 0 fully saturated rings. The Bertz CT molecular complexity index is 783. The first kappa shape index (κ1) is 14.4. The molecule has 1 aromatic heterocycles. The van der Waals surface area contributed by atoms with E-state index >= 15 is 0 Å². The largest absolute Gasteiger partial charge is 0.351 e. The van der Waals surface area contributed by atoms with Crippen molar-refractivity contribution >= 4 is 54.4 Å². The molecule has 0 unspecified atom stereocenters. The Balaban J connectivity index is 1.93. The Morgan fingerprint density at radius 2 is 1.76 bits per heavy atom. The summed E-state index contributed by atoms with van der Waals surface area (Å²) in [5, 5.41) is 3.94. The number of hydrogen-bond donors (Lipinski definition) is 2. The molecule has 0 saturated carbocycles. The van der Waals surface area contributed by atoms with Crippen molar-refractivity contribution in [1.82, 2.24) is 4.98 Å². The number of para-hydroxylation sites is 1. The molecule has 0 radical (unpaired) electrons. The normalized spacial score (nSPS) is 10.8. The lowest BCUT2D eigenvalue weighted by Crippen LogP contribution is -2.13. The number of aromatic amines is 1. The number of amides is 1. The minimum Gasteiger partial charge on any atom is -0.351 e. The van der Waals surface area contributed by atoms with Crippen LogP contribution in [-0.4, -0.2) is 10.9 Å². The number of halogens is 2. The first-order valence-corrected chi connectivity index (χ1v) is 7.98. The number of H-pyrrole nitrogens is 1. The van der Waals surface area contributed by atoms with Crippen LogP contribution < -0.4 is 5.32 Å². The van der Waals surface area contributed by atoms with Crippen LogP contribution in [0.3, 0.4) is 0 Å². The fraction of sp³-hybridized carbons (Fsp3) is 0.0625. The SMILES string of the molecule is Cc1cc(Br)c(NC(=O)c2cc3ccccc3[nH]2)c(Br)c1. The summed E-state index contributed by atoms with van der Waals surface area (Å²) in [4.78, 5) is 15.5. The highest BCUT2D eigenvalue weighted by Crippen LogP contribution is 2.32. The molecule has 106 valence electrons. The Labute approximate surface area is 139 Å². The minimum absolute atomic E-state index is 0.170. The van der Waals surface area contributed by atoms with Crippen molar-refractivity contribution in [2.45, 2.75) is 6.92 Å². The minimum atomic E-state index is -0.170. The first-order valence-electron chi connectivity index (χ1n) is 6.39. The molecule has 5 heteroatoms. The molecule has 2 N–H and O–H groups in total. The summed E-state index contributed by atoms with van der Waals surface area (Å²) in [6.07, 6.45) is 0. The number of benzene rings is 2. The molecule has 3 aromatic rings. The molecule has 0 aliphatic carbocycles. The Kier molecular flexibility index (Phi) is 3.87. The van der Waals surface area contributed by atoms with Gasteiger partial charge in [0.1, 0.15) is 5.69 Å². The molecule has 1 amide bonds. The Morgan fingerprint density at radius 1 is 1.10 bits per heavy atom. The van der Waals surface area contributed by atoms with E-state index in [0.29, 0.717) is 5.69 Å². The molecule has 0 atom stereocenters. The van der Waals surface area contributed by atoms with Gasteiger partial charge in [-0.1, -0.05) is 18.2 Å². The van der Waals surface area contributed by atoms with Crippen LogP contribution in [0.25, 0.3) is 10.9 Å². The van der Waals surface area contributed by atoms with Gasteiger partial charge in [0.05, 0.1) is 5.69 Å². The standard InChI is InChI=1S/C16H12Br2N2O/c1-9-6-11(17)15(12(18)7-9)20-16(21)14-8-10-4-2-3-5-13(10)19-14/h2-8,19H,1H3,(H,20,21). The smallest absolute Gasteiger partial charge is 0.272 e. The Morgan fingerprint density at radius 3 is 2.43 bits per heavy atom. The summed E-state index contributed by atoms with van der Waals surface area (Å²) in [6, 6.07) is 13.6. The van der Waals surface area contributed by atoms with Gasteiger partial charge in [-0.05, 0) is 68.6 Å². The van der Waals surface area contributed by atoms with E-state index in [1.165, 1.54) is 0 Å². The van der Waals surface area contributed by atoms with Crippen LogP contribution in [0.15, 0.2) is 51.4 Å². The number of hydrogen-bond acceptors (Lipinski definition) is 1. The van der Waals surface area contributed by atoms with Crippen LogP contribution in [0, 0.1) is 6.92 Å². The lowest BCUT2D eigenvalue weighted by Gasteiger charge is -2.10. The van der Waals surface area contributed by atoms with Crippen molar-refractivity contribution < 1.29 is 4.79 Å². The molecule has 1 heterocycles. The van der Waals surface area contributed by atoms with Crippen LogP contribution in [0.4, 0.5) is 5.69 Å². The molecule has 0 aliphatic rings. The number of nitrogens with one attached hydrogen (secondary N) is 2. The van der Waals surface area contributed by atoms with Gasteiger partial charge in [0.2, 0.25) is 0 Å². The van der Waals surface area contributed by atoms with Gasteiger partial charge < -0.3 is 10.3 Å². The summed E-state index contributed by atoms with van der Waals surface area (Å²) >= 11 is 6.96. The highest BCUT2D eigenvalue weighted by atomic mass is 79.9. The van der Waals surface area contributed by atoms with E-state index < -0.39 is 0 Å². The van der Waals surface area contributed by atoms with E-state index in [1.54, 1.807) is 0 Å². The maximum atomic E-state index is 12.4. The van der Waals surface area contributed by atoms with Gasteiger partial charge >= 0.3 is 0 Å². The summed E-state index contributed by atoms with van der Waals surface area (Å²) in [7, 11) is 0. The van der Waals surface area contributed by atoms with Crippen LogP contribution in [-0.2, 0) is 0 Å². The zero-order valence-electron chi connectivity index (χ0n) is 11.2. The number of aromatic nitrogens is 1. The second-order valence-electron chi connectivity index (χ2n) is 4.83. The topological polar surface area (TPSA) is 44.9 Å². The van der Waals surface area contributed by atoms with Crippen molar-refractivity contribution in [2.75, 3.05) is 5.32 Å². The zero-order valence-corrected chi connectivity index (χ0v) is 14.4. The van der Waals surface area contributed by atoms with Crippen LogP contribution in [0.1, 0.15) is 16.1 Å². The number of aryl methyl sites for hydroxylation is 1. The van der Waals surface area contributed by atoms with Crippen molar-refractivity contribution in [3.8, 4) is 0 Å². The summed E-state index contributed by atoms with van der Waals surface area (Å²) in [5.74, 6) is -0.170. The molecular weight excluding hydrogens is 396 g/mol. The third-order valence-corrected chi connectivity index (χ3v) is 4.45. The van der Waals surface area contributed by atoms with Gasteiger partial charge in [-0.2, -0.15) is 0 Å². The maximum absolute atomic E-state index is 12.4. The van der Waals surface area contributed by atoms with E-state index in [4.69, 9.17) is 0 Å². The van der Waals surface area contributed by atoms with E-state index in [2.05, 4.69) is 42.2 Å². The predicted molar refractivity (Wildman–Crippen MR) is 92.8 cm³/mol. The van der Waals surface area contributed by atoms with Crippen LogP contribution >= 0.6 is 31.9 Å². The molecular formula is C16H12Br2N2O. The number of rotatable bonds is 2. The number of anilines is 1. The van der Waals surface area contributed by atoms with Crippen molar-refractivity contribution in [3.63, 3.8) is 0 Å². The summed E-state index contributed by atoms with van der Waals surface area (Å²) < 4.78 is 1.69. The second kappa shape index (κ2) is 5.66. The zero-order chi connectivity index (χ0) is 15.0. The van der Waals surface area contributed by atoms with Crippen LogP contribution in [0.5, 0.6) is 0 Å². The van der Waals surface area contributed by atoms with Crippen LogP contribution in [0.2, 0.25) is 0 Å². The lowest BCUT2D eigenvalue weighted by molar-refractivity contribution is 0.102. The fourth-order valence-electron chi connectivity index (χ4n) is 2.20. The summed E-state index contributed by atoms with van der Waals surface area (Å²) in [6.45, 7) is 2.00. The van der Waals surface area contributed by atoms with Gasteiger partial charge in [0, 0.05) is 19.8 Å². The third kappa shape index (κ3) is 2.89. The van der Waals surface area contributed by atoms with E-state index in [1.807, 2.05) is 49.4 Å². The number of carbonyl (C=O) groups excluding carboxylic acids is 1. The molecule has 0 saturated heterocycles. The molecule has 2 aromatic carbocycles. The predicted octanol–water partition coefficient (Wildman–Crippen LogP) is 5.25. The third-order valence-electron chi connectivity index (χ3n) is 3.20. The molecule has 0 bridgehead atoms. The first-order chi connectivity index (χ1) is 10.0. The van der Waals surface area contributed by atoms with Crippen molar-refractivity contribution in [2.24, 2.45) is 0 Å².